The highest BCUT2D eigenvalue weighted by molar-refractivity contribution is 8.00. The van der Waals surface area contributed by atoms with Crippen LogP contribution in [0.1, 0.15) is 20.3 Å². The first kappa shape index (κ1) is 11.5. The molecule has 0 unspecified atom stereocenters. The number of anilines is 2. The van der Waals surface area contributed by atoms with Gasteiger partial charge in [0.2, 0.25) is 5.95 Å². The van der Waals surface area contributed by atoms with Gasteiger partial charge in [-0.1, -0.05) is 13.8 Å². The summed E-state index contributed by atoms with van der Waals surface area (Å²) in [6.45, 7) is 6.62. The largest absolute Gasteiger partial charge is 0.396 e. The fourth-order valence-electron chi connectivity index (χ4n) is 1.71. The van der Waals surface area contributed by atoms with Crippen LogP contribution >= 0.6 is 11.8 Å². The van der Waals surface area contributed by atoms with E-state index in [9.17, 15) is 0 Å². The molecule has 0 amide bonds. The van der Waals surface area contributed by atoms with Crippen molar-refractivity contribution >= 4 is 23.4 Å². The number of thioether (sulfide) groups is 1. The van der Waals surface area contributed by atoms with Crippen molar-refractivity contribution in [2.75, 3.05) is 29.5 Å². The van der Waals surface area contributed by atoms with Crippen LogP contribution in [0.5, 0.6) is 0 Å². The smallest absolute Gasteiger partial charge is 0.225 e. The van der Waals surface area contributed by atoms with Gasteiger partial charge in [0.25, 0.3) is 0 Å². The maximum Gasteiger partial charge on any atom is 0.225 e. The van der Waals surface area contributed by atoms with E-state index in [4.69, 9.17) is 5.73 Å². The van der Waals surface area contributed by atoms with Crippen LogP contribution in [0.15, 0.2) is 12.4 Å². The van der Waals surface area contributed by atoms with E-state index >= 15 is 0 Å². The summed E-state index contributed by atoms with van der Waals surface area (Å²) in [6.07, 6.45) is 4.50. The molecule has 0 aromatic carbocycles. The lowest BCUT2D eigenvalue weighted by atomic mass is 10.1. The minimum absolute atomic E-state index is 0.364. The molecule has 5 heteroatoms. The number of aromatic nitrogens is 2. The second-order valence-electron chi connectivity index (χ2n) is 4.66. The third-order valence-corrected chi connectivity index (χ3v) is 4.15. The predicted octanol–water partition coefficient (Wildman–Crippen LogP) is 1.78. The minimum Gasteiger partial charge on any atom is -0.396 e. The van der Waals surface area contributed by atoms with Gasteiger partial charge in [-0.2, -0.15) is 11.8 Å². The van der Waals surface area contributed by atoms with Crippen LogP contribution in [-0.2, 0) is 0 Å². The van der Waals surface area contributed by atoms with Gasteiger partial charge in [0.15, 0.2) is 0 Å². The van der Waals surface area contributed by atoms with E-state index in [-0.39, 0.29) is 0 Å². The molecule has 88 valence electrons. The third-order valence-electron chi connectivity index (χ3n) is 2.78. The molecule has 1 aromatic heterocycles. The molecule has 4 nitrogen and oxygen atoms in total. The quantitative estimate of drug-likeness (QED) is 0.808. The first-order chi connectivity index (χ1) is 7.57. The molecule has 2 heterocycles. The van der Waals surface area contributed by atoms with E-state index in [1.807, 2.05) is 11.8 Å². The Kier molecular flexibility index (Phi) is 3.23. The van der Waals surface area contributed by atoms with Gasteiger partial charge in [-0.05, 0) is 6.42 Å². The van der Waals surface area contributed by atoms with E-state index in [0.717, 1.165) is 31.2 Å². The molecule has 2 N–H and O–H groups in total. The molecule has 0 radical (unpaired) electrons. The summed E-state index contributed by atoms with van der Waals surface area (Å²) >= 11 is 2.02. The van der Waals surface area contributed by atoms with Crippen LogP contribution in [0.4, 0.5) is 11.6 Å². The molecule has 0 spiro atoms. The van der Waals surface area contributed by atoms with Crippen LogP contribution in [0.2, 0.25) is 0 Å². The zero-order valence-corrected chi connectivity index (χ0v) is 10.6. The Bertz CT molecular complexity index is 350. The molecule has 0 saturated carbocycles. The van der Waals surface area contributed by atoms with Gasteiger partial charge < -0.3 is 10.6 Å². The van der Waals surface area contributed by atoms with Crippen molar-refractivity contribution in [2.45, 2.75) is 25.0 Å². The topological polar surface area (TPSA) is 55.0 Å². The lowest BCUT2D eigenvalue weighted by Crippen LogP contribution is -2.28. The Balaban J connectivity index is 2.08. The van der Waals surface area contributed by atoms with Crippen molar-refractivity contribution in [3.05, 3.63) is 12.4 Å². The summed E-state index contributed by atoms with van der Waals surface area (Å²) < 4.78 is 0.364. The van der Waals surface area contributed by atoms with E-state index in [1.165, 1.54) is 0 Å². The number of nitrogens with two attached hydrogens (primary N) is 1. The van der Waals surface area contributed by atoms with Gasteiger partial charge in [0.1, 0.15) is 0 Å². The molecule has 2 rings (SSSR count). The molecule has 1 aromatic rings. The minimum atomic E-state index is 0.364. The number of nitrogens with zero attached hydrogens (tertiary/aromatic N) is 3. The zero-order chi connectivity index (χ0) is 11.6. The zero-order valence-electron chi connectivity index (χ0n) is 9.81. The average Bonchev–Trinajstić information content (AvgIpc) is 2.41. The van der Waals surface area contributed by atoms with Gasteiger partial charge >= 0.3 is 0 Å². The molecule has 1 saturated heterocycles. The van der Waals surface area contributed by atoms with Gasteiger partial charge in [0.05, 0.1) is 18.1 Å². The molecule has 1 fully saturated rings. The van der Waals surface area contributed by atoms with E-state index in [2.05, 4.69) is 28.7 Å². The van der Waals surface area contributed by atoms with Crippen LogP contribution in [0, 0.1) is 0 Å². The van der Waals surface area contributed by atoms with E-state index in [1.54, 1.807) is 12.4 Å². The maximum absolute atomic E-state index is 5.58. The van der Waals surface area contributed by atoms with Crippen LogP contribution < -0.4 is 10.6 Å². The Morgan fingerprint density at radius 2 is 2.00 bits per heavy atom. The second kappa shape index (κ2) is 4.49. The summed E-state index contributed by atoms with van der Waals surface area (Å²) in [4.78, 5) is 10.8. The monoisotopic (exact) mass is 238 g/mol. The van der Waals surface area contributed by atoms with E-state index in [0.29, 0.717) is 10.4 Å². The summed E-state index contributed by atoms with van der Waals surface area (Å²) in [5.41, 5.74) is 6.20. The third kappa shape index (κ3) is 2.78. The van der Waals surface area contributed by atoms with Crippen molar-refractivity contribution in [2.24, 2.45) is 0 Å². The van der Waals surface area contributed by atoms with E-state index < -0.39 is 0 Å². The summed E-state index contributed by atoms with van der Waals surface area (Å²) in [6, 6.07) is 0. The van der Waals surface area contributed by atoms with Crippen LogP contribution in [-0.4, -0.2) is 33.6 Å². The lowest BCUT2D eigenvalue weighted by molar-refractivity contribution is 0.631. The van der Waals surface area contributed by atoms with Crippen molar-refractivity contribution in [3.8, 4) is 0 Å². The Labute approximate surface area is 101 Å². The fourth-order valence-corrected chi connectivity index (χ4v) is 2.81. The van der Waals surface area contributed by atoms with Gasteiger partial charge in [0, 0.05) is 23.6 Å². The normalized spacial score (nSPS) is 20.5. The first-order valence-corrected chi connectivity index (χ1v) is 6.52. The SMILES string of the molecule is CC1(C)CCN(c2ncc(N)cn2)CCS1. The summed E-state index contributed by atoms with van der Waals surface area (Å²) in [5, 5.41) is 0. The van der Waals surface area contributed by atoms with Crippen molar-refractivity contribution in [1.82, 2.24) is 9.97 Å². The Morgan fingerprint density at radius 1 is 1.31 bits per heavy atom. The predicted molar refractivity (Wildman–Crippen MR) is 69.8 cm³/mol. The maximum atomic E-state index is 5.58. The molecule has 0 bridgehead atoms. The first-order valence-electron chi connectivity index (χ1n) is 5.53. The van der Waals surface area contributed by atoms with Gasteiger partial charge in [-0.3, -0.25) is 0 Å². The van der Waals surface area contributed by atoms with Crippen molar-refractivity contribution in [1.29, 1.82) is 0 Å². The highest BCUT2D eigenvalue weighted by Crippen LogP contribution is 2.31. The molecule has 1 aliphatic rings. The number of nitrogen functional groups attached to an aromatic ring is 1. The Hall–Kier alpha value is -0.970. The lowest BCUT2D eigenvalue weighted by Gasteiger charge is -2.22. The molecule has 0 atom stereocenters. The van der Waals surface area contributed by atoms with Crippen molar-refractivity contribution < 1.29 is 0 Å². The van der Waals surface area contributed by atoms with Gasteiger partial charge in [-0.25, -0.2) is 9.97 Å². The Morgan fingerprint density at radius 3 is 2.69 bits per heavy atom. The number of hydrogen-bond acceptors (Lipinski definition) is 5. The average molecular weight is 238 g/mol. The van der Waals surface area contributed by atoms with Crippen LogP contribution in [0.3, 0.4) is 0 Å². The summed E-state index contributed by atoms with van der Waals surface area (Å²) in [7, 11) is 0. The molecular weight excluding hydrogens is 220 g/mol. The molecule has 16 heavy (non-hydrogen) atoms. The fraction of sp³-hybridized carbons (Fsp3) is 0.636. The molecule has 0 aliphatic carbocycles. The summed E-state index contributed by atoms with van der Waals surface area (Å²) in [5.74, 6) is 1.92. The van der Waals surface area contributed by atoms with Gasteiger partial charge in [-0.15, -0.1) is 0 Å². The molecular formula is C11H18N4S. The number of rotatable bonds is 1. The number of hydrogen-bond donors (Lipinski definition) is 1. The highest BCUT2D eigenvalue weighted by Gasteiger charge is 2.24. The van der Waals surface area contributed by atoms with Crippen molar-refractivity contribution in [3.63, 3.8) is 0 Å². The second-order valence-corrected chi connectivity index (χ2v) is 6.46. The molecule has 1 aliphatic heterocycles. The van der Waals surface area contributed by atoms with Crippen LogP contribution in [0.25, 0.3) is 0 Å². The highest BCUT2D eigenvalue weighted by atomic mass is 32.2. The standard InChI is InChI=1S/C11H18N4S/c1-11(2)3-4-15(5-6-16-11)10-13-7-9(12)8-14-10/h7-8H,3-6,12H2,1-2H3.